The highest BCUT2D eigenvalue weighted by atomic mass is 32.2. The van der Waals surface area contributed by atoms with Gasteiger partial charge in [0.05, 0.1) is 0 Å². The van der Waals surface area contributed by atoms with Crippen LogP contribution in [0.15, 0.2) is 48.5 Å². The standard InChI is InChI=1S/C21H24FNO2S/c1-26-14-16-2-4-17(5-3-16)20(24)23-15-21(10-12-25-13-11-21)18-6-8-19(22)9-7-18/h2-9H,10-15H2,1H3,(H,23,24). The molecule has 0 bridgehead atoms. The minimum Gasteiger partial charge on any atom is -0.381 e. The van der Waals surface area contributed by atoms with E-state index in [-0.39, 0.29) is 17.1 Å². The van der Waals surface area contributed by atoms with Crippen molar-refractivity contribution >= 4 is 17.7 Å². The van der Waals surface area contributed by atoms with Gasteiger partial charge in [-0.25, -0.2) is 4.39 Å². The molecule has 1 amide bonds. The lowest BCUT2D eigenvalue weighted by atomic mass is 9.74. The molecule has 1 N–H and O–H groups in total. The molecule has 0 atom stereocenters. The number of nitrogens with one attached hydrogen (secondary N) is 1. The average Bonchev–Trinajstić information content (AvgIpc) is 2.68. The van der Waals surface area contributed by atoms with Gasteiger partial charge in [0.1, 0.15) is 5.82 Å². The van der Waals surface area contributed by atoms with Crippen LogP contribution in [0.25, 0.3) is 0 Å². The molecular weight excluding hydrogens is 349 g/mol. The van der Waals surface area contributed by atoms with E-state index in [1.165, 1.54) is 17.7 Å². The van der Waals surface area contributed by atoms with E-state index >= 15 is 0 Å². The van der Waals surface area contributed by atoms with Crippen LogP contribution in [-0.4, -0.2) is 31.9 Å². The molecule has 0 spiro atoms. The second kappa shape index (κ2) is 8.69. The third-order valence-electron chi connectivity index (χ3n) is 5.02. The molecule has 2 aromatic carbocycles. The Balaban J connectivity index is 1.71. The number of rotatable bonds is 6. The lowest BCUT2D eigenvalue weighted by molar-refractivity contribution is 0.0487. The van der Waals surface area contributed by atoms with Gasteiger partial charge in [-0.1, -0.05) is 24.3 Å². The molecule has 0 aromatic heterocycles. The van der Waals surface area contributed by atoms with Crippen molar-refractivity contribution in [3.63, 3.8) is 0 Å². The lowest BCUT2D eigenvalue weighted by Gasteiger charge is -2.38. The van der Waals surface area contributed by atoms with Crippen LogP contribution >= 0.6 is 11.8 Å². The van der Waals surface area contributed by atoms with E-state index in [1.54, 1.807) is 11.8 Å². The summed E-state index contributed by atoms with van der Waals surface area (Å²) < 4.78 is 18.8. The van der Waals surface area contributed by atoms with Gasteiger partial charge in [-0.15, -0.1) is 0 Å². The Morgan fingerprint density at radius 1 is 1.12 bits per heavy atom. The quantitative estimate of drug-likeness (QED) is 0.826. The van der Waals surface area contributed by atoms with Crippen molar-refractivity contribution in [3.05, 3.63) is 71.0 Å². The van der Waals surface area contributed by atoms with E-state index in [0.29, 0.717) is 25.3 Å². The second-order valence-electron chi connectivity index (χ2n) is 6.71. The smallest absolute Gasteiger partial charge is 0.251 e. The van der Waals surface area contributed by atoms with Crippen LogP contribution in [0, 0.1) is 5.82 Å². The predicted molar refractivity (Wildman–Crippen MR) is 104 cm³/mol. The number of amides is 1. The maximum Gasteiger partial charge on any atom is 0.251 e. The van der Waals surface area contributed by atoms with E-state index in [1.807, 2.05) is 36.4 Å². The fourth-order valence-electron chi connectivity index (χ4n) is 3.40. The van der Waals surface area contributed by atoms with Crippen molar-refractivity contribution in [2.45, 2.75) is 24.0 Å². The fourth-order valence-corrected chi connectivity index (χ4v) is 3.93. The minimum atomic E-state index is -0.245. The van der Waals surface area contributed by atoms with Crippen LogP contribution in [-0.2, 0) is 15.9 Å². The van der Waals surface area contributed by atoms with Gasteiger partial charge in [-0.3, -0.25) is 4.79 Å². The number of thioether (sulfide) groups is 1. The van der Waals surface area contributed by atoms with Gasteiger partial charge in [0.25, 0.3) is 5.91 Å². The minimum absolute atomic E-state index is 0.0753. The van der Waals surface area contributed by atoms with Crippen molar-refractivity contribution in [3.8, 4) is 0 Å². The number of carbonyl (C=O) groups excluding carboxylic acids is 1. The number of halogens is 1. The van der Waals surface area contributed by atoms with Crippen molar-refractivity contribution in [1.29, 1.82) is 0 Å². The summed E-state index contributed by atoms with van der Waals surface area (Å²) in [5.74, 6) is 0.620. The van der Waals surface area contributed by atoms with E-state index in [4.69, 9.17) is 4.74 Å². The monoisotopic (exact) mass is 373 g/mol. The number of ether oxygens (including phenoxy) is 1. The first kappa shape index (κ1) is 18.9. The van der Waals surface area contributed by atoms with Gasteiger partial charge >= 0.3 is 0 Å². The van der Waals surface area contributed by atoms with Gasteiger partial charge in [-0.2, -0.15) is 11.8 Å². The molecular formula is C21H24FNO2S. The van der Waals surface area contributed by atoms with Crippen molar-refractivity contribution in [1.82, 2.24) is 5.32 Å². The largest absolute Gasteiger partial charge is 0.381 e. The Morgan fingerprint density at radius 2 is 1.77 bits per heavy atom. The molecule has 0 saturated carbocycles. The normalized spacial score (nSPS) is 16.2. The van der Waals surface area contributed by atoms with E-state index in [2.05, 4.69) is 11.6 Å². The molecule has 3 rings (SSSR count). The fraction of sp³-hybridized carbons (Fsp3) is 0.381. The molecule has 0 radical (unpaired) electrons. The number of hydrogen-bond acceptors (Lipinski definition) is 3. The van der Waals surface area contributed by atoms with E-state index < -0.39 is 0 Å². The summed E-state index contributed by atoms with van der Waals surface area (Å²) in [4.78, 5) is 12.6. The molecule has 3 nitrogen and oxygen atoms in total. The summed E-state index contributed by atoms with van der Waals surface area (Å²) in [6.07, 6.45) is 3.68. The highest BCUT2D eigenvalue weighted by molar-refractivity contribution is 7.97. The summed E-state index contributed by atoms with van der Waals surface area (Å²) in [5.41, 5.74) is 2.72. The molecule has 2 aromatic rings. The first-order valence-corrected chi connectivity index (χ1v) is 10.2. The van der Waals surface area contributed by atoms with Crippen molar-refractivity contribution in [2.75, 3.05) is 26.0 Å². The highest BCUT2D eigenvalue weighted by Crippen LogP contribution is 2.34. The maximum absolute atomic E-state index is 13.3. The molecule has 1 fully saturated rings. The molecule has 26 heavy (non-hydrogen) atoms. The summed E-state index contributed by atoms with van der Waals surface area (Å²) in [6, 6.07) is 14.3. The van der Waals surface area contributed by atoms with Gasteiger partial charge in [0.15, 0.2) is 0 Å². The van der Waals surface area contributed by atoms with Crippen LogP contribution in [0.3, 0.4) is 0 Å². The van der Waals surface area contributed by atoms with Crippen molar-refractivity contribution in [2.24, 2.45) is 0 Å². The van der Waals surface area contributed by atoms with E-state index in [0.717, 1.165) is 24.2 Å². The first-order chi connectivity index (χ1) is 12.6. The molecule has 1 heterocycles. The second-order valence-corrected chi connectivity index (χ2v) is 7.58. The maximum atomic E-state index is 13.3. The first-order valence-electron chi connectivity index (χ1n) is 8.83. The van der Waals surface area contributed by atoms with Gasteiger partial charge in [0.2, 0.25) is 0 Å². The Bertz CT molecular complexity index is 725. The molecule has 5 heteroatoms. The highest BCUT2D eigenvalue weighted by Gasteiger charge is 2.35. The van der Waals surface area contributed by atoms with Crippen LogP contribution in [0.4, 0.5) is 4.39 Å². The Labute approximate surface area is 158 Å². The molecule has 0 aliphatic carbocycles. The van der Waals surface area contributed by atoms with Gasteiger partial charge in [-0.05, 0) is 54.5 Å². The number of hydrogen-bond donors (Lipinski definition) is 1. The average molecular weight is 373 g/mol. The molecule has 1 aliphatic heterocycles. The zero-order chi connectivity index (χ0) is 18.4. The zero-order valence-electron chi connectivity index (χ0n) is 15.0. The summed E-state index contributed by atoms with van der Waals surface area (Å²) in [6.45, 7) is 1.82. The zero-order valence-corrected chi connectivity index (χ0v) is 15.8. The van der Waals surface area contributed by atoms with Gasteiger partial charge in [0, 0.05) is 36.5 Å². The third-order valence-corrected chi connectivity index (χ3v) is 5.64. The van der Waals surface area contributed by atoms with Crippen LogP contribution in [0.2, 0.25) is 0 Å². The molecule has 0 unspecified atom stereocenters. The summed E-state index contributed by atoms with van der Waals surface area (Å²) in [5, 5.41) is 3.08. The molecule has 1 aliphatic rings. The summed E-state index contributed by atoms with van der Waals surface area (Å²) >= 11 is 1.76. The van der Waals surface area contributed by atoms with Crippen LogP contribution in [0.1, 0.15) is 34.3 Å². The van der Waals surface area contributed by atoms with Gasteiger partial charge < -0.3 is 10.1 Å². The topological polar surface area (TPSA) is 38.3 Å². The lowest BCUT2D eigenvalue weighted by Crippen LogP contribution is -2.44. The molecule has 1 saturated heterocycles. The van der Waals surface area contributed by atoms with Crippen LogP contribution < -0.4 is 5.32 Å². The van der Waals surface area contributed by atoms with Crippen molar-refractivity contribution < 1.29 is 13.9 Å². The van der Waals surface area contributed by atoms with Crippen LogP contribution in [0.5, 0.6) is 0 Å². The number of carbonyl (C=O) groups is 1. The Morgan fingerprint density at radius 3 is 2.38 bits per heavy atom. The third kappa shape index (κ3) is 4.46. The summed E-state index contributed by atoms with van der Waals surface area (Å²) in [7, 11) is 0. The Kier molecular flexibility index (Phi) is 6.33. The molecule has 138 valence electrons. The van der Waals surface area contributed by atoms with E-state index in [9.17, 15) is 9.18 Å². The SMILES string of the molecule is CSCc1ccc(C(=O)NCC2(c3ccc(F)cc3)CCOCC2)cc1. The number of benzene rings is 2. The predicted octanol–water partition coefficient (Wildman–Crippen LogP) is 4.17. The Hall–Kier alpha value is -1.85.